The number of hydrogen-bond acceptors (Lipinski definition) is 5. The van der Waals surface area contributed by atoms with Crippen LogP contribution in [0.15, 0.2) is 24.5 Å². The average molecular weight is 279 g/mol. The molecule has 0 bridgehead atoms. The number of pyridine rings is 2. The lowest BCUT2D eigenvalue weighted by molar-refractivity contribution is 0.103. The van der Waals surface area contributed by atoms with Crippen LogP contribution in [0.25, 0.3) is 21.9 Å². The van der Waals surface area contributed by atoms with E-state index < -0.39 is 0 Å². The lowest BCUT2D eigenvalue weighted by Crippen LogP contribution is -2.43. The number of rotatable bonds is 2. The van der Waals surface area contributed by atoms with E-state index >= 15 is 0 Å². The molecule has 6 nitrogen and oxygen atoms in total. The molecule has 3 N–H and O–H groups in total. The van der Waals surface area contributed by atoms with E-state index in [0.717, 1.165) is 40.5 Å². The molecule has 4 rings (SSSR count). The highest BCUT2D eigenvalue weighted by molar-refractivity contribution is 6.09. The maximum absolute atomic E-state index is 9.01. The highest BCUT2D eigenvalue weighted by atomic mass is 16.5. The molecule has 104 valence electrons. The Labute approximate surface area is 120 Å². The molecule has 3 aromatic rings. The van der Waals surface area contributed by atoms with Crippen LogP contribution in [-0.4, -0.2) is 27.1 Å². The first-order chi connectivity index (χ1) is 10.2. The van der Waals surface area contributed by atoms with Gasteiger partial charge in [-0.3, -0.25) is 0 Å². The summed E-state index contributed by atoms with van der Waals surface area (Å²) in [4.78, 5) is 11.6. The van der Waals surface area contributed by atoms with Crippen LogP contribution in [0, 0.1) is 11.3 Å². The number of nitriles is 1. The average Bonchev–Trinajstić information content (AvgIpc) is 2.84. The molecule has 0 unspecified atom stereocenters. The Bertz CT molecular complexity index is 873. The number of aromatic nitrogens is 3. The van der Waals surface area contributed by atoms with Crippen LogP contribution < -0.4 is 10.5 Å². The summed E-state index contributed by atoms with van der Waals surface area (Å²) in [6.07, 6.45) is 5.27. The molecule has 1 aliphatic carbocycles. The van der Waals surface area contributed by atoms with Gasteiger partial charge >= 0.3 is 0 Å². The highest BCUT2D eigenvalue weighted by Gasteiger charge is 2.28. The van der Waals surface area contributed by atoms with Crippen molar-refractivity contribution >= 4 is 21.9 Å². The molecule has 3 aromatic heterocycles. The second-order valence-electron chi connectivity index (χ2n) is 5.36. The molecule has 0 atom stereocenters. The number of nitrogens with one attached hydrogen (secondary N) is 1. The zero-order valence-corrected chi connectivity index (χ0v) is 11.2. The summed E-state index contributed by atoms with van der Waals surface area (Å²) in [5, 5.41) is 10.8. The van der Waals surface area contributed by atoms with Crippen molar-refractivity contribution in [3.63, 3.8) is 0 Å². The van der Waals surface area contributed by atoms with Gasteiger partial charge in [0.05, 0.1) is 17.1 Å². The van der Waals surface area contributed by atoms with Crippen molar-refractivity contribution in [3.8, 4) is 11.8 Å². The molecule has 0 aliphatic heterocycles. The summed E-state index contributed by atoms with van der Waals surface area (Å²) >= 11 is 0. The highest BCUT2D eigenvalue weighted by Crippen LogP contribution is 2.34. The fraction of sp³-hybridized carbons (Fsp3) is 0.267. The molecule has 6 heteroatoms. The summed E-state index contributed by atoms with van der Waals surface area (Å²) in [7, 11) is 0. The molecule has 1 saturated carbocycles. The van der Waals surface area contributed by atoms with Crippen LogP contribution in [0.4, 0.5) is 0 Å². The number of hydrogen-bond donors (Lipinski definition) is 2. The summed E-state index contributed by atoms with van der Waals surface area (Å²) < 4.78 is 6.03. The number of ether oxygens (including phenoxy) is 1. The smallest absolute Gasteiger partial charge is 0.142 e. The molecule has 3 heterocycles. The first-order valence-electron chi connectivity index (χ1n) is 6.83. The van der Waals surface area contributed by atoms with Gasteiger partial charge in [-0.25, -0.2) is 9.97 Å². The normalized spacial score (nSPS) is 21.1. The molecule has 21 heavy (non-hydrogen) atoms. The quantitative estimate of drug-likeness (QED) is 0.745. The van der Waals surface area contributed by atoms with Gasteiger partial charge in [0.2, 0.25) is 0 Å². The third-order valence-corrected chi connectivity index (χ3v) is 3.88. The van der Waals surface area contributed by atoms with Gasteiger partial charge in [-0.1, -0.05) is 0 Å². The number of nitrogens with zero attached hydrogens (tertiary/aromatic N) is 3. The van der Waals surface area contributed by atoms with E-state index in [1.807, 2.05) is 6.07 Å². The van der Waals surface area contributed by atoms with E-state index in [1.165, 1.54) is 0 Å². The third-order valence-electron chi connectivity index (χ3n) is 3.88. The summed E-state index contributed by atoms with van der Waals surface area (Å²) in [5.41, 5.74) is 7.76. The number of nitrogens with two attached hydrogens (primary N) is 1. The molecule has 0 radical (unpaired) electrons. The minimum atomic E-state index is 0.160. The molecule has 1 fully saturated rings. The van der Waals surface area contributed by atoms with E-state index in [1.54, 1.807) is 18.5 Å². The van der Waals surface area contributed by atoms with Crippen molar-refractivity contribution in [2.24, 2.45) is 5.73 Å². The van der Waals surface area contributed by atoms with E-state index in [2.05, 4.69) is 21.0 Å². The van der Waals surface area contributed by atoms with E-state index in [-0.39, 0.29) is 12.1 Å². The predicted octanol–water partition coefficient (Wildman–Crippen LogP) is 1.85. The Morgan fingerprint density at radius 3 is 3.00 bits per heavy atom. The van der Waals surface area contributed by atoms with Gasteiger partial charge < -0.3 is 15.5 Å². The van der Waals surface area contributed by atoms with Crippen LogP contribution in [-0.2, 0) is 0 Å². The van der Waals surface area contributed by atoms with Crippen molar-refractivity contribution in [1.82, 2.24) is 15.0 Å². The van der Waals surface area contributed by atoms with Gasteiger partial charge in [-0.2, -0.15) is 5.26 Å². The Kier molecular flexibility index (Phi) is 2.56. The predicted molar refractivity (Wildman–Crippen MR) is 77.7 cm³/mol. The Balaban J connectivity index is 1.88. The van der Waals surface area contributed by atoms with Crippen LogP contribution in [0.1, 0.15) is 18.5 Å². The van der Waals surface area contributed by atoms with Crippen molar-refractivity contribution in [3.05, 3.63) is 30.2 Å². The van der Waals surface area contributed by atoms with Gasteiger partial charge in [-0.15, -0.1) is 0 Å². The minimum Gasteiger partial charge on any atom is -0.489 e. The lowest BCUT2D eigenvalue weighted by Gasteiger charge is -2.32. The topological polar surface area (TPSA) is 101 Å². The maximum atomic E-state index is 9.01. The number of aromatic amines is 1. The monoisotopic (exact) mass is 279 g/mol. The lowest BCUT2D eigenvalue weighted by atomic mass is 9.90. The Morgan fingerprint density at radius 2 is 2.24 bits per heavy atom. The third kappa shape index (κ3) is 1.90. The second-order valence-corrected chi connectivity index (χ2v) is 5.36. The maximum Gasteiger partial charge on any atom is 0.142 e. The Morgan fingerprint density at radius 1 is 1.38 bits per heavy atom. The van der Waals surface area contributed by atoms with Crippen molar-refractivity contribution in [2.45, 2.75) is 25.0 Å². The van der Waals surface area contributed by atoms with Gasteiger partial charge in [-0.05, 0) is 25.0 Å². The summed E-state index contributed by atoms with van der Waals surface area (Å²) in [6, 6.07) is 5.91. The molecular weight excluding hydrogens is 266 g/mol. The SMILES string of the molecule is N#Cc1cc2c(cn1)[nH]c1nccc(OC3CC(N)C3)c12. The largest absolute Gasteiger partial charge is 0.489 e. The van der Waals surface area contributed by atoms with E-state index in [4.69, 9.17) is 15.7 Å². The van der Waals surface area contributed by atoms with Crippen LogP contribution in [0.5, 0.6) is 5.75 Å². The van der Waals surface area contributed by atoms with Crippen molar-refractivity contribution in [1.29, 1.82) is 5.26 Å². The zero-order valence-electron chi connectivity index (χ0n) is 11.2. The van der Waals surface area contributed by atoms with Gasteiger partial charge in [0, 0.05) is 17.6 Å². The van der Waals surface area contributed by atoms with Crippen LogP contribution in [0.3, 0.4) is 0 Å². The van der Waals surface area contributed by atoms with E-state index in [9.17, 15) is 0 Å². The molecule has 1 aliphatic rings. The fourth-order valence-corrected chi connectivity index (χ4v) is 2.73. The molecule has 0 saturated heterocycles. The molecule has 0 spiro atoms. The van der Waals surface area contributed by atoms with Crippen LogP contribution >= 0.6 is 0 Å². The first-order valence-corrected chi connectivity index (χ1v) is 6.83. The first kappa shape index (κ1) is 12.1. The van der Waals surface area contributed by atoms with Gasteiger partial charge in [0.25, 0.3) is 0 Å². The van der Waals surface area contributed by atoms with Gasteiger partial charge in [0.15, 0.2) is 0 Å². The Hall–Kier alpha value is -2.65. The van der Waals surface area contributed by atoms with E-state index in [0.29, 0.717) is 5.69 Å². The molecule has 0 aromatic carbocycles. The molecular formula is C15H13N5O. The second kappa shape index (κ2) is 4.43. The van der Waals surface area contributed by atoms with Gasteiger partial charge in [0.1, 0.15) is 29.3 Å². The zero-order chi connectivity index (χ0) is 14.4. The van der Waals surface area contributed by atoms with Crippen molar-refractivity contribution in [2.75, 3.05) is 0 Å². The van der Waals surface area contributed by atoms with Crippen LogP contribution in [0.2, 0.25) is 0 Å². The summed E-state index contributed by atoms with van der Waals surface area (Å²) in [5.74, 6) is 0.776. The minimum absolute atomic E-state index is 0.160. The summed E-state index contributed by atoms with van der Waals surface area (Å²) in [6.45, 7) is 0. The number of H-pyrrole nitrogens is 1. The van der Waals surface area contributed by atoms with Crippen molar-refractivity contribution < 1.29 is 4.74 Å². The fourth-order valence-electron chi connectivity index (χ4n) is 2.73. The molecule has 0 amide bonds. The number of fused-ring (bicyclic) bond motifs is 3. The standard InChI is InChI=1S/C15H13N5O/c16-6-9-5-11-12(7-19-9)20-15-14(11)13(1-2-18-15)21-10-3-8(17)4-10/h1-2,5,7-8,10H,3-4,17H2,(H,18,20).